The van der Waals surface area contributed by atoms with Gasteiger partial charge in [0.2, 0.25) is 0 Å². The molecule has 16 heavy (non-hydrogen) atoms. The Labute approximate surface area is 99.7 Å². The van der Waals surface area contributed by atoms with E-state index in [2.05, 4.69) is 44.7 Å². The highest BCUT2D eigenvalue weighted by atomic mass is 15.2. The summed E-state index contributed by atoms with van der Waals surface area (Å²) in [6.07, 6.45) is 3.49. The molecule has 1 aromatic rings. The van der Waals surface area contributed by atoms with Gasteiger partial charge in [-0.15, -0.1) is 0 Å². The number of anilines is 1. The van der Waals surface area contributed by atoms with E-state index in [1.807, 2.05) is 0 Å². The molecule has 0 aliphatic carbocycles. The van der Waals surface area contributed by atoms with Gasteiger partial charge >= 0.3 is 0 Å². The first kappa shape index (κ1) is 13.0. The summed E-state index contributed by atoms with van der Waals surface area (Å²) >= 11 is 0. The van der Waals surface area contributed by atoms with Crippen molar-refractivity contribution < 1.29 is 0 Å². The average molecular weight is 220 g/mol. The van der Waals surface area contributed by atoms with Gasteiger partial charge in [0.25, 0.3) is 0 Å². The van der Waals surface area contributed by atoms with Gasteiger partial charge in [-0.2, -0.15) is 0 Å². The number of pyridine rings is 1. The number of rotatable bonds is 6. The Bertz CT molecular complexity index is 321. The Hall–Kier alpha value is -1.05. The number of unbranched alkanes of at least 4 members (excludes halogenated alkanes) is 1. The van der Waals surface area contributed by atoms with Crippen molar-refractivity contribution in [1.82, 2.24) is 4.98 Å². The second-order valence-electron chi connectivity index (χ2n) is 4.28. The molecule has 0 saturated carbocycles. The summed E-state index contributed by atoms with van der Waals surface area (Å²) in [5.41, 5.74) is 2.52. The zero-order chi connectivity index (χ0) is 12.0. The number of hydrogen-bond donors (Lipinski definition) is 0. The van der Waals surface area contributed by atoms with E-state index >= 15 is 0 Å². The summed E-state index contributed by atoms with van der Waals surface area (Å²) in [7, 11) is 0. The second kappa shape index (κ2) is 6.51. The smallest absolute Gasteiger partial charge is 0.129 e. The van der Waals surface area contributed by atoms with Crippen LogP contribution in [0.2, 0.25) is 0 Å². The largest absolute Gasteiger partial charge is 0.357 e. The van der Waals surface area contributed by atoms with Crippen LogP contribution in [-0.4, -0.2) is 18.1 Å². The topological polar surface area (TPSA) is 16.1 Å². The lowest BCUT2D eigenvalue weighted by Crippen LogP contribution is -2.25. The minimum absolute atomic E-state index is 1.01. The Morgan fingerprint density at radius 1 is 1.19 bits per heavy atom. The fourth-order valence-corrected chi connectivity index (χ4v) is 1.85. The third-order valence-electron chi connectivity index (χ3n) is 2.86. The van der Waals surface area contributed by atoms with Crippen LogP contribution in [0.4, 0.5) is 5.82 Å². The van der Waals surface area contributed by atoms with E-state index in [0.29, 0.717) is 0 Å². The van der Waals surface area contributed by atoms with E-state index in [9.17, 15) is 0 Å². The molecule has 1 rings (SSSR count). The molecule has 0 atom stereocenters. The third-order valence-corrected chi connectivity index (χ3v) is 2.86. The Balaban J connectivity index is 2.86. The molecule has 0 fully saturated rings. The standard InChI is InChI=1S/C14H24N2/c1-5-8-9-16(7-3)14-11-12(4)10-13(6-2)15-14/h10-11H,5-9H2,1-4H3. The second-order valence-corrected chi connectivity index (χ2v) is 4.28. The minimum Gasteiger partial charge on any atom is -0.357 e. The van der Waals surface area contributed by atoms with Gasteiger partial charge in [0.1, 0.15) is 5.82 Å². The van der Waals surface area contributed by atoms with Crippen LogP contribution in [0.1, 0.15) is 44.9 Å². The predicted octanol–water partition coefficient (Wildman–Crippen LogP) is 3.58. The van der Waals surface area contributed by atoms with Crippen LogP contribution in [-0.2, 0) is 6.42 Å². The maximum atomic E-state index is 4.70. The number of aryl methyl sites for hydroxylation is 2. The van der Waals surface area contributed by atoms with E-state index < -0.39 is 0 Å². The maximum absolute atomic E-state index is 4.70. The first-order chi connectivity index (χ1) is 7.71. The van der Waals surface area contributed by atoms with Crippen LogP contribution in [0.3, 0.4) is 0 Å². The quantitative estimate of drug-likeness (QED) is 0.728. The van der Waals surface area contributed by atoms with E-state index in [1.165, 1.54) is 24.1 Å². The van der Waals surface area contributed by atoms with Crippen molar-refractivity contribution in [1.29, 1.82) is 0 Å². The van der Waals surface area contributed by atoms with Crippen LogP contribution in [0.25, 0.3) is 0 Å². The van der Waals surface area contributed by atoms with E-state index in [-0.39, 0.29) is 0 Å². The van der Waals surface area contributed by atoms with Gasteiger partial charge in [-0.25, -0.2) is 4.98 Å². The number of hydrogen-bond acceptors (Lipinski definition) is 2. The fourth-order valence-electron chi connectivity index (χ4n) is 1.85. The summed E-state index contributed by atoms with van der Waals surface area (Å²) in [4.78, 5) is 7.07. The molecule has 0 aliphatic heterocycles. The molecule has 0 unspecified atom stereocenters. The number of nitrogens with zero attached hydrogens (tertiary/aromatic N) is 2. The predicted molar refractivity (Wildman–Crippen MR) is 71.1 cm³/mol. The van der Waals surface area contributed by atoms with Crippen molar-refractivity contribution in [2.75, 3.05) is 18.0 Å². The molecule has 1 heterocycles. The zero-order valence-electron chi connectivity index (χ0n) is 11.1. The van der Waals surface area contributed by atoms with Gasteiger partial charge in [-0.3, -0.25) is 0 Å². The molecule has 0 spiro atoms. The van der Waals surface area contributed by atoms with Gasteiger partial charge < -0.3 is 4.90 Å². The van der Waals surface area contributed by atoms with Crippen LogP contribution in [0.5, 0.6) is 0 Å². The van der Waals surface area contributed by atoms with Crippen molar-refractivity contribution in [3.63, 3.8) is 0 Å². The van der Waals surface area contributed by atoms with Gasteiger partial charge in [-0.05, 0) is 44.4 Å². The molecule has 1 aromatic heterocycles. The molecule has 0 aliphatic rings. The van der Waals surface area contributed by atoms with Gasteiger partial charge in [0, 0.05) is 18.8 Å². The minimum atomic E-state index is 1.01. The molecule has 0 radical (unpaired) electrons. The molecule has 0 saturated heterocycles. The molecule has 0 aromatic carbocycles. The Morgan fingerprint density at radius 3 is 2.50 bits per heavy atom. The monoisotopic (exact) mass is 220 g/mol. The summed E-state index contributed by atoms with van der Waals surface area (Å²) < 4.78 is 0. The highest BCUT2D eigenvalue weighted by Gasteiger charge is 2.06. The van der Waals surface area contributed by atoms with E-state index in [1.54, 1.807) is 0 Å². The Kier molecular flexibility index (Phi) is 5.30. The molecule has 2 heteroatoms. The summed E-state index contributed by atoms with van der Waals surface area (Å²) in [6, 6.07) is 4.37. The maximum Gasteiger partial charge on any atom is 0.129 e. The van der Waals surface area contributed by atoms with E-state index in [4.69, 9.17) is 4.98 Å². The molecule has 0 N–H and O–H groups in total. The average Bonchev–Trinajstić information content (AvgIpc) is 2.29. The van der Waals surface area contributed by atoms with Crippen molar-refractivity contribution >= 4 is 5.82 Å². The fraction of sp³-hybridized carbons (Fsp3) is 0.643. The molecular formula is C14H24N2. The Morgan fingerprint density at radius 2 is 1.94 bits per heavy atom. The highest BCUT2D eigenvalue weighted by molar-refractivity contribution is 5.42. The third kappa shape index (κ3) is 3.51. The van der Waals surface area contributed by atoms with Crippen LogP contribution >= 0.6 is 0 Å². The highest BCUT2D eigenvalue weighted by Crippen LogP contribution is 2.15. The molecule has 0 amide bonds. The lowest BCUT2D eigenvalue weighted by atomic mass is 10.2. The summed E-state index contributed by atoms with van der Waals surface area (Å²) in [5, 5.41) is 0. The molecular weight excluding hydrogens is 196 g/mol. The summed E-state index contributed by atoms with van der Waals surface area (Å²) in [6.45, 7) is 10.9. The first-order valence-electron chi connectivity index (χ1n) is 6.43. The lowest BCUT2D eigenvalue weighted by Gasteiger charge is -2.22. The summed E-state index contributed by atoms with van der Waals surface area (Å²) in [5.74, 6) is 1.15. The van der Waals surface area contributed by atoms with Gasteiger partial charge in [0.15, 0.2) is 0 Å². The van der Waals surface area contributed by atoms with Crippen molar-refractivity contribution in [2.45, 2.75) is 47.0 Å². The first-order valence-corrected chi connectivity index (χ1v) is 6.43. The number of aromatic nitrogens is 1. The molecule has 90 valence electrons. The van der Waals surface area contributed by atoms with Crippen molar-refractivity contribution in [3.8, 4) is 0 Å². The van der Waals surface area contributed by atoms with E-state index in [0.717, 1.165) is 25.3 Å². The SMILES string of the molecule is CCCCN(CC)c1cc(C)cc(CC)n1. The molecule has 2 nitrogen and oxygen atoms in total. The van der Waals surface area contributed by atoms with Crippen LogP contribution in [0.15, 0.2) is 12.1 Å². The van der Waals surface area contributed by atoms with Gasteiger partial charge in [0.05, 0.1) is 0 Å². The van der Waals surface area contributed by atoms with Crippen molar-refractivity contribution in [2.24, 2.45) is 0 Å². The lowest BCUT2D eigenvalue weighted by molar-refractivity contribution is 0.721. The normalized spacial score (nSPS) is 10.5. The zero-order valence-corrected chi connectivity index (χ0v) is 11.1. The van der Waals surface area contributed by atoms with Crippen LogP contribution in [0, 0.1) is 6.92 Å². The van der Waals surface area contributed by atoms with Gasteiger partial charge in [-0.1, -0.05) is 20.3 Å². The molecule has 0 bridgehead atoms. The van der Waals surface area contributed by atoms with Crippen molar-refractivity contribution in [3.05, 3.63) is 23.4 Å². The van der Waals surface area contributed by atoms with Crippen LogP contribution < -0.4 is 4.90 Å².